The molecule has 2 N–H and O–H groups in total. The lowest BCUT2D eigenvalue weighted by atomic mass is 10.0. The van der Waals surface area contributed by atoms with Crippen molar-refractivity contribution >= 4 is 97.1 Å². The molecule has 0 spiro atoms. The van der Waals surface area contributed by atoms with Crippen molar-refractivity contribution in [2.24, 2.45) is 30.7 Å². The summed E-state index contributed by atoms with van der Waals surface area (Å²) in [5.74, 6) is 0. The normalized spacial score (nSPS) is 12.6. The molecule has 0 saturated carbocycles. The molecule has 0 atom stereocenters. The van der Waals surface area contributed by atoms with Crippen molar-refractivity contribution in [3.8, 4) is 0 Å². The highest BCUT2D eigenvalue weighted by atomic mass is 32.2. The first-order valence-corrected chi connectivity index (χ1v) is 21.5. The number of anilines is 2. The molecule has 0 aliphatic rings. The van der Waals surface area contributed by atoms with Crippen LogP contribution in [0.1, 0.15) is 36.4 Å². The van der Waals surface area contributed by atoms with E-state index in [-0.39, 0.29) is 9.79 Å². The second-order valence-electron chi connectivity index (χ2n) is 13.5. The van der Waals surface area contributed by atoms with Gasteiger partial charge in [-0.15, -0.1) is 20.5 Å². The Balaban J connectivity index is 0.871. The van der Waals surface area contributed by atoms with Gasteiger partial charge in [-0.25, -0.2) is 18.4 Å². The smallest absolute Gasteiger partial charge is 0.206 e. The van der Waals surface area contributed by atoms with E-state index in [0.29, 0.717) is 43.0 Å². The Morgan fingerprint density at radius 3 is 1.31 bits per heavy atom. The number of thiazole rings is 2. The molecule has 0 amide bonds. The average molecular weight is 833 g/mol. The number of nitrogens with zero attached hydrogens (tertiary/aromatic N) is 8. The molecule has 0 saturated heterocycles. The molecule has 0 radical (unpaired) electrons. The third-order valence-corrected chi connectivity index (χ3v) is 13.0. The fraction of sp³-hybridized carbons (Fsp3) is 0.0909. The van der Waals surface area contributed by atoms with E-state index in [4.69, 9.17) is 0 Å². The molecule has 6 aromatic carbocycles. The third kappa shape index (κ3) is 9.02. The largest absolute Gasteiger partial charge is 0.252 e. The molecule has 0 unspecified atom stereocenters. The Kier molecular flexibility index (Phi) is 11.2. The highest BCUT2D eigenvalue weighted by Crippen LogP contribution is 2.34. The second-order valence-corrected chi connectivity index (χ2v) is 17.4. The highest BCUT2D eigenvalue weighted by Gasteiger charge is 2.18. The van der Waals surface area contributed by atoms with Gasteiger partial charge in [0.2, 0.25) is 20.1 Å². The molecule has 2 aromatic heterocycles. The van der Waals surface area contributed by atoms with Crippen molar-refractivity contribution in [3.63, 3.8) is 0 Å². The summed E-state index contributed by atoms with van der Waals surface area (Å²) in [6, 6.07) is 41.4. The van der Waals surface area contributed by atoms with Crippen LogP contribution in [0.3, 0.4) is 0 Å². The molecular weight excluding hydrogens is 797 g/mol. The fourth-order valence-corrected chi connectivity index (χ4v) is 8.73. The van der Waals surface area contributed by atoms with Crippen molar-refractivity contribution in [1.82, 2.24) is 9.97 Å². The number of fused-ring (bicyclic) bond motifs is 2. The second kappa shape index (κ2) is 17.0. The van der Waals surface area contributed by atoms with Gasteiger partial charge in [0.05, 0.1) is 44.0 Å². The molecule has 8 rings (SSSR count). The molecule has 2 heterocycles. The van der Waals surface area contributed by atoms with Crippen LogP contribution in [0.2, 0.25) is 0 Å². The van der Waals surface area contributed by atoms with Gasteiger partial charge in [-0.1, -0.05) is 95.5 Å². The summed E-state index contributed by atoms with van der Waals surface area (Å²) in [6.45, 7) is 7.57. The Labute approximate surface area is 348 Å². The van der Waals surface area contributed by atoms with Gasteiger partial charge in [-0.2, -0.15) is 10.2 Å². The van der Waals surface area contributed by atoms with E-state index >= 15 is 0 Å². The molecule has 12 nitrogen and oxygen atoms in total. The fourth-order valence-electron chi connectivity index (χ4n) is 6.01. The van der Waals surface area contributed by atoms with Crippen LogP contribution < -0.4 is 10.9 Å². The van der Waals surface area contributed by atoms with Crippen molar-refractivity contribution < 1.29 is 8.42 Å². The van der Waals surface area contributed by atoms with E-state index in [0.717, 1.165) is 33.3 Å². The average Bonchev–Trinajstić information content (AvgIpc) is 3.82. The molecule has 0 bridgehead atoms. The van der Waals surface area contributed by atoms with Gasteiger partial charge in [0.1, 0.15) is 0 Å². The topological polar surface area (TPSA) is 158 Å². The maximum absolute atomic E-state index is 13.5. The number of nitrogens with one attached hydrogen (secondary N) is 2. The number of aryl methyl sites for hydroxylation is 2. The van der Waals surface area contributed by atoms with Crippen molar-refractivity contribution in [3.05, 3.63) is 156 Å². The lowest BCUT2D eigenvalue weighted by molar-refractivity contribution is 0.596. The molecule has 0 fully saturated rings. The van der Waals surface area contributed by atoms with E-state index in [1.165, 1.54) is 57.7 Å². The zero-order chi connectivity index (χ0) is 40.9. The predicted octanol–water partition coefficient (Wildman–Crippen LogP) is 12.9. The number of hydrogen-bond donors (Lipinski definition) is 2. The van der Waals surface area contributed by atoms with Crippen LogP contribution in [0.25, 0.3) is 21.5 Å². The summed E-state index contributed by atoms with van der Waals surface area (Å²) in [4.78, 5) is 9.32. The quantitative estimate of drug-likeness (QED) is 0.0708. The summed E-state index contributed by atoms with van der Waals surface area (Å²) in [5, 5.41) is 33.5. The predicted molar refractivity (Wildman–Crippen MR) is 240 cm³/mol. The Morgan fingerprint density at radius 1 is 0.508 bits per heavy atom. The van der Waals surface area contributed by atoms with Crippen LogP contribution in [-0.4, -0.2) is 29.8 Å². The highest BCUT2D eigenvalue weighted by molar-refractivity contribution is 7.91. The third-order valence-electron chi connectivity index (χ3n) is 9.32. The van der Waals surface area contributed by atoms with E-state index in [2.05, 4.69) is 100 Å². The number of benzene rings is 6. The summed E-state index contributed by atoms with van der Waals surface area (Å²) in [7, 11) is -3.80. The summed E-state index contributed by atoms with van der Waals surface area (Å²) < 4.78 is 26.9. The lowest BCUT2D eigenvalue weighted by Crippen LogP contribution is -2.01. The molecule has 0 aliphatic carbocycles. The first-order chi connectivity index (χ1) is 28.6. The molecular formula is C44H36N10O2S3. The summed E-state index contributed by atoms with van der Waals surface area (Å²) >= 11 is 2.64. The minimum Gasteiger partial charge on any atom is -0.252 e. The zero-order valence-corrected chi connectivity index (χ0v) is 34.8. The minimum absolute atomic E-state index is 0.129. The number of hydrogen-bond acceptors (Lipinski definition) is 14. The van der Waals surface area contributed by atoms with E-state index < -0.39 is 9.84 Å². The van der Waals surface area contributed by atoms with Crippen LogP contribution in [0.5, 0.6) is 0 Å². The molecule has 292 valence electrons. The van der Waals surface area contributed by atoms with Gasteiger partial charge in [-0.05, 0) is 121 Å². The van der Waals surface area contributed by atoms with Gasteiger partial charge < -0.3 is 0 Å². The van der Waals surface area contributed by atoms with Gasteiger partial charge in [0.15, 0.2) is 10.0 Å². The Bertz CT molecular complexity index is 2860. The van der Waals surface area contributed by atoms with Crippen LogP contribution >= 0.6 is 22.7 Å². The molecule has 15 heteroatoms. The molecule has 0 aliphatic heterocycles. The molecule has 59 heavy (non-hydrogen) atoms. The maximum Gasteiger partial charge on any atom is 0.206 e. The lowest BCUT2D eigenvalue weighted by Gasteiger charge is -2.05. The number of hydrazone groups is 2. The van der Waals surface area contributed by atoms with Gasteiger partial charge in [0, 0.05) is 0 Å². The van der Waals surface area contributed by atoms with Crippen LogP contribution in [0.15, 0.2) is 174 Å². The number of sulfone groups is 1. The summed E-state index contributed by atoms with van der Waals surface area (Å²) in [6.07, 6.45) is 0. The van der Waals surface area contributed by atoms with Crippen molar-refractivity contribution in [2.75, 3.05) is 10.9 Å². The number of rotatable bonds is 12. The Hall–Kier alpha value is -6.81. The van der Waals surface area contributed by atoms with E-state index in [9.17, 15) is 8.42 Å². The molecule has 8 aromatic rings. The maximum atomic E-state index is 13.5. The van der Waals surface area contributed by atoms with Crippen molar-refractivity contribution in [1.29, 1.82) is 0 Å². The van der Waals surface area contributed by atoms with Crippen LogP contribution in [-0.2, 0) is 9.84 Å². The standard InChI is InChI=1S/C44H36N10O2S3/c1-27(33-15-13-31-9-5-7-11-35(31)25-33)47-53-43-45-29(3)41(57-43)51-49-37-17-21-39(22-18-37)59(55,56)40-23-19-38(20-24-40)50-52-42-30(4)46-44(58-42)54-48-28(2)34-16-14-32-10-6-8-12-36(32)26-34/h5-26H,1-4H3,(H,45,53)(H,46,54)/b47-27+,48-28+,51-49?,52-50?. The van der Waals surface area contributed by atoms with E-state index in [1.54, 1.807) is 24.3 Å². The monoisotopic (exact) mass is 832 g/mol. The van der Waals surface area contributed by atoms with Gasteiger partial charge in [-0.3, -0.25) is 10.9 Å². The summed E-state index contributed by atoms with van der Waals surface area (Å²) in [5.41, 5.74) is 12.1. The minimum atomic E-state index is -3.80. The van der Waals surface area contributed by atoms with Crippen molar-refractivity contribution in [2.45, 2.75) is 37.5 Å². The zero-order valence-electron chi connectivity index (χ0n) is 32.3. The van der Waals surface area contributed by atoms with Crippen LogP contribution in [0, 0.1) is 13.8 Å². The van der Waals surface area contributed by atoms with Crippen LogP contribution in [0.4, 0.5) is 31.6 Å². The Morgan fingerprint density at radius 2 is 0.898 bits per heavy atom. The van der Waals surface area contributed by atoms with E-state index in [1.807, 2.05) is 64.1 Å². The number of azo groups is 2. The SMILES string of the molecule is C/C(=N\Nc1nc(C)c(N=Nc2ccc(S(=O)(=O)c3ccc(N=Nc4sc(N/N=C(\C)c5ccc6ccccc6c5)nc4C)cc3)cc2)s1)c1ccc2ccccc2c1. The number of aromatic nitrogens is 2. The first-order valence-electron chi connectivity index (χ1n) is 18.4. The first kappa shape index (κ1) is 39.0. The van der Waals surface area contributed by atoms with Gasteiger partial charge >= 0.3 is 0 Å². The van der Waals surface area contributed by atoms with Gasteiger partial charge in [0.25, 0.3) is 0 Å².